The lowest BCUT2D eigenvalue weighted by Gasteiger charge is -2.12. The number of esters is 1. The first-order chi connectivity index (χ1) is 12.6. The molecule has 0 heterocycles. The summed E-state index contributed by atoms with van der Waals surface area (Å²) in [5.41, 5.74) is -0.191. The highest BCUT2D eigenvalue weighted by Crippen LogP contribution is 2.20. The molecule has 142 valence electrons. The number of carbonyl (C=O) groups excluding carboxylic acids is 2. The van der Waals surface area contributed by atoms with Gasteiger partial charge in [-0.2, -0.15) is 0 Å². The lowest BCUT2D eigenvalue weighted by atomic mass is 10.1. The van der Waals surface area contributed by atoms with Crippen molar-refractivity contribution < 1.29 is 32.1 Å². The summed E-state index contributed by atoms with van der Waals surface area (Å²) in [6.07, 6.45) is 0. The molecule has 2 rings (SSSR count). The van der Waals surface area contributed by atoms with E-state index < -0.39 is 44.2 Å². The largest absolute Gasteiger partial charge is 0.456 e. The minimum absolute atomic E-state index is 0.107. The van der Waals surface area contributed by atoms with Gasteiger partial charge >= 0.3 is 5.97 Å². The van der Waals surface area contributed by atoms with Gasteiger partial charge in [-0.05, 0) is 43.3 Å². The van der Waals surface area contributed by atoms with Crippen LogP contribution in [-0.4, -0.2) is 37.0 Å². The van der Waals surface area contributed by atoms with Gasteiger partial charge in [0.1, 0.15) is 5.82 Å². The number of nitro benzene ring substituents is 1. The van der Waals surface area contributed by atoms with Crippen molar-refractivity contribution >= 4 is 27.3 Å². The number of nitro groups is 1. The van der Waals surface area contributed by atoms with Gasteiger partial charge in [0.05, 0.1) is 9.82 Å². The Morgan fingerprint density at radius 1 is 1.11 bits per heavy atom. The summed E-state index contributed by atoms with van der Waals surface area (Å²) in [7, 11) is -4.16. The Morgan fingerprint density at radius 2 is 1.67 bits per heavy atom. The van der Waals surface area contributed by atoms with Crippen LogP contribution in [0, 0.1) is 15.9 Å². The lowest BCUT2D eigenvalue weighted by molar-refractivity contribution is -0.384. The fourth-order valence-electron chi connectivity index (χ4n) is 2.06. The van der Waals surface area contributed by atoms with Gasteiger partial charge in [0.15, 0.2) is 27.5 Å². The van der Waals surface area contributed by atoms with E-state index in [1.165, 1.54) is 12.1 Å². The molecule has 0 aliphatic carbocycles. The molecule has 0 spiro atoms. The van der Waals surface area contributed by atoms with E-state index in [4.69, 9.17) is 4.74 Å². The lowest BCUT2D eigenvalue weighted by Crippen LogP contribution is -2.30. The summed E-state index contributed by atoms with van der Waals surface area (Å²) in [4.78, 5) is 33.5. The molecule has 0 aromatic heterocycles. The number of halogens is 1. The first-order valence-corrected chi connectivity index (χ1v) is 9.11. The van der Waals surface area contributed by atoms with Crippen LogP contribution in [-0.2, 0) is 19.4 Å². The van der Waals surface area contributed by atoms with Gasteiger partial charge < -0.3 is 4.74 Å². The predicted molar refractivity (Wildman–Crippen MR) is 91.4 cm³/mol. The minimum Gasteiger partial charge on any atom is -0.456 e. The summed E-state index contributed by atoms with van der Waals surface area (Å²) in [5.74, 6) is -2.31. The second-order valence-electron chi connectivity index (χ2n) is 5.48. The third-order valence-corrected chi connectivity index (χ3v) is 5.74. The topological polar surface area (TPSA) is 121 Å². The normalized spacial score (nSPS) is 12.2. The number of benzene rings is 2. The third-order valence-electron chi connectivity index (χ3n) is 3.69. The highest BCUT2D eigenvalue weighted by Gasteiger charge is 2.32. The molecule has 10 heteroatoms. The number of sulfone groups is 1. The van der Waals surface area contributed by atoms with Crippen molar-refractivity contribution in [2.75, 3.05) is 6.61 Å². The van der Waals surface area contributed by atoms with E-state index in [2.05, 4.69) is 0 Å². The van der Waals surface area contributed by atoms with Crippen LogP contribution in [0.1, 0.15) is 17.3 Å². The Morgan fingerprint density at radius 3 is 2.19 bits per heavy atom. The molecular formula is C17H14FNO7S. The summed E-state index contributed by atoms with van der Waals surface area (Å²) in [6.45, 7) is 0.381. The van der Waals surface area contributed by atoms with Crippen LogP contribution >= 0.6 is 0 Å². The van der Waals surface area contributed by atoms with Crippen LogP contribution in [0.2, 0.25) is 0 Å². The molecule has 0 saturated carbocycles. The fraction of sp³-hybridized carbons (Fsp3) is 0.176. The Bertz CT molecular complexity index is 969. The molecule has 0 bridgehead atoms. The second kappa shape index (κ2) is 8.04. The van der Waals surface area contributed by atoms with Crippen molar-refractivity contribution in [2.24, 2.45) is 0 Å². The molecule has 0 saturated heterocycles. The van der Waals surface area contributed by atoms with E-state index in [0.29, 0.717) is 0 Å². The van der Waals surface area contributed by atoms with Gasteiger partial charge in [0, 0.05) is 17.7 Å². The summed E-state index contributed by atoms with van der Waals surface area (Å²) in [5, 5.41) is 8.99. The fourth-order valence-corrected chi connectivity index (χ4v) is 3.31. The molecule has 1 atom stereocenters. The van der Waals surface area contributed by atoms with Crippen LogP contribution in [0.4, 0.5) is 10.1 Å². The van der Waals surface area contributed by atoms with E-state index in [-0.39, 0.29) is 16.1 Å². The number of non-ortho nitro benzene ring substituents is 1. The zero-order valence-electron chi connectivity index (χ0n) is 14.0. The Balaban J connectivity index is 2.05. The molecule has 0 unspecified atom stereocenters. The van der Waals surface area contributed by atoms with Crippen molar-refractivity contribution in [3.05, 3.63) is 70.0 Å². The number of ether oxygens (including phenoxy) is 1. The molecule has 2 aromatic rings. The van der Waals surface area contributed by atoms with Gasteiger partial charge in [-0.25, -0.2) is 12.8 Å². The monoisotopic (exact) mass is 395 g/mol. The molecule has 8 nitrogen and oxygen atoms in total. The van der Waals surface area contributed by atoms with E-state index >= 15 is 0 Å². The van der Waals surface area contributed by atoms with Gasteiger partial charge in [-0.15, -0.1) is 0 Å². The van der Waals surface area contributed by atoms with Crippen molar-refractivity contribution in [1.82, 2.24) is 0 Å². The average molecular weight is 395 g/mol. The van der Waals surface area contributed by atoms with Crippen molar-refractivity contribution in [2.45, 2.75) is 17.1 Å². The summed E-state index contributed by atoms with van der Waals surface area (Å²) < 4.78 is 42.4. The van der Waals surface area contributed by atoms with Crippen LogP contribution in [0.15, 0.2) is 53.4 Å². The van der Waals surface area contributed by atoms with Gasteiger partial charge in [0.25, 0.3) is 5.69 Å². The number of ketones is 1. The second-order valence-corrected chi connectivity index (χ2v) is 7.74. The molecular weight excluding hydrogens is 381 g/mol. The highest BCUT2D eigenvalue weighted by atomic mass is 32.2. The maximum Gasteiger partial charge on any atom is 0.324 e. The molecule has 0 N–H and O–H groups in total. The maximum absolute atomic E-state index is 12.8. The van der Waals surface area contributed by atoms with Crippen molar-refractivity contribution in [3.8, 4) is 0 Å². The Labute approximate surface area is 153 Å². The van der Waals surface area contributed by atoms with E-state index in [1.807, 2.05) is 0 Å². The smallest absolute Gasteiger partial charge is 0.324 e. The minimum atomic E-state index is -4.16. The average Bonchev–Trinajstić information content (AvgIpc) is 2.65. The third kappa shape index (κ3) is 4.73. The van der Waals surface area contributed by atoms with Crippen LogP contribution in [0.3, 0.4) is 0 Å². The SMILES string of the molecule is C[C@@H](C(=O)OCC(=O)c1ccc(F)cc1)S(=O)(=O)c1ccc([N+](=O)[O-])cc1. The van der Waals surface area contributed by atoms with Gasteiger partial charge in [-0.3, -0.25) is 19.7 Å². The molecule has 2 aromatic carbocycles. The molecule has 27 heavy (non-hydrogen) atoms. The van der Waals surface area contributed by atoms with Crippen LogP contribution in [0.25, 0.3) is 0 Å². The summed E-state index contributed by atoms with van der Waals surface area (Å²) in [6, 6.07) is 8.59. The van der Waals surface area contributed by atoms with E-state index in [9.17, 15) is 32.5 Å². The predicted octanol–water partition coefficient (Wildman–Crippen LogP) is 2.32. The maximum atomic E-state index is 12.8. The van der Waals surface area contributed by atoms with E-state index in [1.54, 1.807) is 0 Å². The number of Topliss-reactive ketones (excluding diaryl/α,β-unsaturated/α-hetero) is 1. The first kappa shape index (κ1) is 20.2. The molecule has 0 amide bonds. The number of nitrogens with zero attached hydrogens (tertiary/aromatic N) is 1. The molecule has 0 aliphatic heterocycles. The quantitative estimate of drug-likeness (QED) is 0.305. The first-order valence-electron chi connectivity index (χ1n) is 7.56. The zero-order valence-corrected chi connectivity index (χ0v) is 14.8. The van der Waals surface area contributed by atoms with Crippen LogP contribution in [0.5, 0.6) is 0 Å². The summed E-state index contributed by atoms with van der Waals surface area (Å²) >= 11 is 0. The van der Waals surface area contributed by atoms with Crippen molar-refractivity contribution in [1.29, 1.82) is 0 Å². The van der Waals surface area contributed by atoms with E-state index in [0.717, 1.165) is 43.3 Å². The number of rotatable bonds is 7. The molecule has 0 fully saturated rings. The number of carbonyl (C=O) groups is 2. The molecule has 0 radical (unpaired) electrons. The van der Waals surface area contributed by atoms with Gasteiger partial charge in [0.2, 0.25) is 0 Å². The Hall–Kier alpha value is -3.14. The van der Waals surface area contributed by atoms with Crippen LogP contribution < -0.4 is 0 Å². The number of hydrogen-bond donors (Lipinski definition) is 0. The zero-order chi connectivity index (χ0) is 20.2. The Kier molecular flexibility index (Phi) is 6.01. The molecule has 0 aliphatic rings. The van der Waals surface area contributed by atoms with Gasteiger partial charge in [-0.1, -0.05) is 0 Å². The standard InChI is InChI=1S/C17H14FNO7S/c1-11(27(24,25)15-8-6-14(7-9-15)19(22)23)17(21)26-10-16(20)12-2-4-13(18)5-3-12/h2-9,11H,10H2,1H3/t11-/m0/s1. The van der Waals surface area contributed by atoms with Crippen molar-refractivity contribution in [3.63, 3.8) is 0 Å². The number of hydrogen-bond acceptors (Lipinski definition) is 7. The highest BCUT2D eigenvalue weighted by molar-refractivity contribution is 7.92.